The van der Waals surface area contributed by atoms with Gasteiger partial charge in [0.15, 0.2) is 0 Å². The van der Waals surface area contributed by atoms with Gasteiger partial charge in [0, 0.05) is 45.6 Å². The van der Waals surface area contributed by atoms with E-state index in [1.165, 1.54) is 29.5 Å². The molecule has 6 rings (SSSR count). The molecule has 1 aliphatic heterocycles. The summed E-state index contributed by atoms with van der Waals surface area (Å²) < 4.78 is 48.3. The van der Waals surface area contributed by atoms with E-state index in [4.69, 9.17) is 20.6 Å². The van der Waals surface area contributed by atoms with Crippen molar-refractivity contribution in [2.75, 3.05) is 12.3 Å². The van der Waals surface area contributed by atoms with Crippen molar-refractivity contribution in [3.05, 3.63) is 78.2 Å². The van der Waals surface area contributed by atoms with E-state index in [2.05, 4.69) is 11.6 Å². The maximum Gasteiger partial charge on any atom is 0.387 e. The Bertz CT molecular complexity index is 1780. The number of ether oxygens (including phenoxy) is 1. The standard InChI is InChI=1S/C28H21F3N6O2S/c1-2-23(38)36-8-9-37-17(14-36)13-20(35-37)26-24(18-4-3-16(29)12-21(18)39-28(30)31)27-19(6-10-40-27)25(34-26)15-5-7-33-22(32)11-15/h2-7,10-13,28H,1,8-9,14H2,(H2,32,33). The number of carbonyl (C=O) groups is 1. The summed E-state index contributed by atoms with van der Waals surface area (Å²) in [5.41, 5.74) is 9.60. The number of nitrogens with two attached hydrogens (primary N) is 1. The van der Waals surface area contributed by atoms with Crippen LogP contribution in [-0.4, -0.2) is 43.7 Å². The first-order chi connectivity index (χ1) is 19.3. The van der Waals surface area contributed by atoms with Gasteiger partial charge in [-0.3, -0.25) is 9.48 Å². The monoisotopic (exact) mass is 562 g/mol. The summed E-state index contributed by atoms with van der Waals surface area (Å²) in [4.78, 5) is 23.0. The number of anilines is 1. The summed E-state index contributed by atoms with van der Waals surface area (Å²) in [7, 11) is 0. The lowest BCUT2D eigenvalue weighted by molar-refractivity contribution is -0.127. The van der Waals surface area contributed by atoms with Crippen molar-refractivity contribution >= 4 is 33.1 Å². The van der Waals surface area contributed by atoms with E-state index in [9.17, 15) is 18.0 Å². The highest BCUT2D eigenvalue weighted by Gasteiger charge is 2.27. The number of benzene rings is 1. The van der Waals surface area contributed by atoms with Gasteiger partial charge in [-0.2, -0.15) is 13.9 Å². The maximum absolute atomic E-state index is 14.2. The molecular weight excluding hydrogens is 541 g/mol. The number of nitrogen functional groups attached to an aromatic ring is 1. The quantitative estimate of drug-likeness (QED) is 0.265. The Labute approximate surface area is 230 Å². The second-order valence-corrected chi connectivity index (χ2v) is 9.96. The average Bonchev–Trinajstić information content (AvgIpc) is 3.59. The molecule has 1 amide bonds. The average molecular weight is 563 g/mol. The van der Waals surface area contributed by atoms with Gasteiger partial charge in [-0.25, -0.2) is 14.4 Å². The number of pyridine rings is 2. The largest absolute Gasteiger partial charge is 0.434 e. The molecule has 202 valence electrons. The van der Waals surface area contributed by atoms with E-state index in [0.717, 1.165) is 21.8 Å². The van der Waals surface area contributed by atoms with Gasteiger partial charge in [0.2, 0.25) is 5.91 Å². The van der Waals surface area contributed by atoms with Crippen molar-refractivity contribution < 1.29 is 22.7 Å². The smallest absolute Gasteiger partial charge is 0.387 e. The topological polar surface area (TPSA) is 99.2 Å². The van der Waals surface area contributed by atoms with Crippen LogP contribution in [0.4, 0.5) is 19.0 Å². The molecule has 0 atom stereocenters. The minimum atomic E-state index is -3.16. The fourth-order valence-corrected chi connectivity index (χ4v) is 5.83. The molecule has 0 spiro atoms. The van der Waals surface area contributed by atoms with Crippen LogP contribution in [0.3, 0.4) is 0 Å². The van der Waals surface area contributed by atoms with E-state index < -0.39 is 12.4 Å². The normalized spacial score (nSPS) is 13.1. The Balaban J connectivity index is 1.62. The van der Waals surface area contributed by atoms with Gasteiger partial charge in [-0.05, 0) is 47.9 Å². The third-order valence-corrected chi connectivity index (χ3v) is 7.55. The van der Waals surface area contributed by atoms with E-state index in [1.807, 2.05) is 17.5 Å². The van der Waals surface area contributed by atoms with Crippen LogP contribution in [0.2, 0.25) is 0 Å². The van der Waals surface area contributed by atoms with Crippen molar-refractivity contribution in [2.24, 2.45) is 0 Å². The lowest BCUT2D eigenvalue weighted by Gasteiger charge is -2.26. The molecule has 5 heterocycles. The molecule has 0 fully saturated rings. The third kappa shape index (κ3) is 4.56. The number of aromatic nitrogens is 4. The second kappa shape index (κ2) is 10.1. The number of fused-ring (bicyclic) bond motifs is 2. The summed E-state index contributed by atoms with van der Waals surface area (Å²) >= 11 is 1.38. The first-order valence-corrected chi connectivity index (χ1v) is 13.1. The van der Waals surface area contributed by atoms with Gasteiger partial charge in [0.05, 0.1) is 24.5 Å². The number of nitrogens with zero attached hydrogens (tertiary/aromatic N) is 5. The van der Waals surface area contributed by atoms with Crippen LogP contribution < -0.4 is 10.5 Å². The first kappa shape index (κ1) is 25.6. The van der Waals surface area contributed by atoms with Crippen LogP contribution in [0, 0.1) is 5.82 Å². The van der Waals surface area contributed by atoms with Gasteiger partial charge in [0.25, 0.3) is 0 Å². The molecule has 0 unspecified atom stereocenters. The highest BCUT2D eigenvalue weighted by molar-refractivity contribution is 7.18. The minimum absolute atomic E-state index is 0.189. The minimum Gasteiger partial charge on any atom is -0.434 e. The molecular formula is C28H21F3N6O2S. The Morgan fingerprint density at radius 3 is 2.77 bits per heavy atom. The van der Waals surface area contributed by atoms with Crippen LogP contribution in [-0.2, 0) is 17.9 Å². The molecule has 40 heavy (non-hydrogen) atoms. The Morgan fingerprint density at radius 1 is 1.15 bits per heavy atom. The van der Waals surface area contributed by atoms with Gasteiger partial charge in [0.1, 0.15) is 28.8 Å². The van der Waals surface area contributed by atoms with Crippen molar-refractivity contribution in [2.45, 2.75) is 19.7 Å². The van der Waals surface area contributed by atoms with Gasteiger partial charge in [-0.15, -0.1) is 11.3 Å². The molecule has 4 aromatic heterocycles. The second-order valence-electron chi connectivity index (χ2n) is 9.04. The fraction of sp³-hybridized carbons (Fsp3) is 0.143. The molecule has 8 nitrogen and oxygen atoms in total. The van der Waals surface area contributed by atoms with Crippen molar-refractivity contribution in [3.63, 3.8) is 0 Å². The van der Waals surface area contributed by atoms with Crippen LogP contribution in [0.1, 0.15) is 5.69 Å². The van der Waals surface area contributed by atoms with Gasteiger partial charge < -0.3 is 15.4 Å². The Morgan fingerprint density at radius 2 is 2.00 bits per heavy atom. The van der Waals surface area contributed by atoms with Crippen LogP contribution in [0.15, 0.2) is 66.7 Å². The van der Waals surface area contributed by atoms with Crippen LogP contribution in [0.5, 0.6) is 5.75 Å². The highest BCUT2D eigenvalue weighted by Crippen LogP contribution is 2.46. The number of rotatable bonds is 6. The molecule has 0 saturated carbocycles. The zero-order chi connectivity index (χ0) is 28.0. The van der Waals surface area contributed by atoms with E-state index in [0.29, 0.717) is 53.7 Å². The zero-order valence-electron chi connectivity index (χ0n) is 20.9. The summed E-state index contributed by atoms with van der Waals surface area (Å²) in [5, 5.41) is 7.38. The number of thiophene rings is 1. The number of halogens is 3. The number of hydrogen-bond acceptors (Lipinski definition) is 7. The van der Waals surface area contributed by atoms with E-state index >= 15 is 0 Å². The van der Waals surface area contributed by atoms with Crippen LogP contribution in [0.25, 0.3) is 43.9 Å². The SMILES string of the molecule is C=CC(=O)N1CCn2nc(-c3nc(-c4ccnc(N)c4)c4ccsc4c3-c3ccc(F)cc3OC(F)F)cc2C1. The third-order valence-electron chi connectivity index (χ3n) is 6.62. The summed E-state index contributed by atoms with van der Waals surface area (Å²) in [5.74, 6) is -0.917. The number of alkyl halides is 2. The predicted octanol–water partition coefficient (Wildman–Crippen LogP) is 5.74. The molecule has 0 saturated heterocycles. The van der Waals surface area contributed by atoms with Crippen LogP contribution >= 0.6 is 11.3 Å². The summed E-state index contributed by atoms with van der Waals surface area (Å²) in [6.45, 7) is 1.63. The predicted molar refractivity (Wildman–Crippen MR) is 146 cm³/mol. The van der Waals surface area contributed by atoms with E-state index in [-0.39, 0.29) is 17.2 Å². The highest BCUT2D eigenvalue weighted by atomic mass is 32.1. The zero-order valence-corrected chi connectivity index (χ0v) is 21.7. The Kier molecular flexibility index (Phi) is 6.46. The molecule has 0 bridgehead atoms. The van der Waals surface area contributed by atoms with E-state index in [1.54, 1.807) is 27.9 Å². The fourth-order valence-electron chi connectivity index (χ4n) is 4.87. The lowest BCUT2D eigenvalue weighted by atomic mass is 9.97. The molecule has 1 aliphatic rings. The molecule has 5 aromatic rings. The number of hydrogen-bond donors (Lipinski definition) is 1. The van der Waals surface area contributed by atoms with Gasteiger partial charge in [-0.1, -0.05) is 6.58 Å². The summed E-state index contributed by atoms with van der Waals surface area (Å²) in [6, 6.07) is 10.7. The first-order valence-electron chi connectivity index (χ1n) is 12.2. The molecule has 1 aromatic carbocycles. The number of carbonyl (C=O) groups excluding carboxylic acids is 1. The molecule has 0 aliphatic carbocycles. The maximum atomic E-state index is 14.2. The van der Waals surface area contributed by atoms with Crippen molar-refractivity contribution in [1.29, 1.82) is 0 Å². The Hall–Kier alpha value is -4.71. The van der Waals surface area contributed by atoms with Gasteiger partial charge >= 0.3 is 6.61 Å². The summed E-state index contributed by atoms with van der Waals surface area (Å²) in [6.07, 6.45) is 2.84. The molecule has 0 radical (unpaired) electrons. The molecule has 12 heteroatoms. The lowest BCUT2D eigenvalue weighted by Crippen LogP contribution is -2.37. The van der Waals surface area contributed by atoms with Crippen molar-refractivity contribution in [1.82, 2.24) is 24.6 Å². The molecule has 2 N–H and O–H groups in total. The number of amides is 1. The van der Waals surface area contributed by atoms with Crippen molar-refractivity contribution in [3.8, 4) is 39.5 Å².